The van der Waals surface area contributed by atoms with Crippen LogP contribution in [0.1, 0.15) is 13.8 Å². The summed E-state index contributed by atoms with van der Waals surface area (Å²) in [5, 5.41) is 3.13. The van der Waals surface area contributed by atoms with Crippen LogP contribution in [0.15, 0.2) is 0 Å². The maximum Gasteiger partial charge on any atom is 0.323 e. The van der Waals surface area contributed by atoms with Gasteiger partial charge in [0.1, 0.15) is 0 Å². The van der Waals surface area contributed by atoms with Gasteiger partial charge in [0.15, 0.2) is 0 Å². The van der Waals surface area contributed by atoms with Crippen LogP contribution < -0.4 is 15.8 Å². The van der Waals surface area contributed by atoms with E-state index in [4.69, 9.17) is 10.5 Å². The van der Waals surface area contributed by atoms with Crippen molar-refractivity contribution >= 4 is 23.7 Å². The average Bonchev–Trinajstić information content (AvgIpc) is 2.26. The number of nitrogens with zero attached hydrogens (tertiary/aromatic N) is 3. The molecule has 1 heterocycles. The molecule has 3 N–H and O–H groups in total. The molecule has 1 atom stereocenters. The highest BCUT2D eigenvalue weighted by Crippen LogP contribution is 2.10. The number of nitrogen functional groups attached to an aromatic ring is 1. The predicted molar refractivity (Wildman–Crippen MR) is 71.4 cm³/mol. The molecule has 0 aromatic carbocycles. The van der Waals surface area contributed by atoms with E-state index in [1.54, 1.807) is 0 Å². The van der Waals surface area contributed by atoms with Crippen molar-refractivity contribution in [3.05, 3.63) is 0 Å². The minimum absolute atomic E-state index is 0.170. The van der Waals surface area contributed by atoms with Crippen LogP contribution in [0.3, 0.4) is 0 Å². The first-order valence-electron chi connectivity index (χ1n) is 5.52. The number of nitrogens with one attached hydrogen (secondary N) is 1. The molecule has 1 aromatic heterocycles. The largest absolute Gasteiger partial charge is 0.464 e. The number of thioether (sulfide) groups is 1. The molecule has 0 saturated carbocycles. The van der Waals surface area contributed by atoms with Crippen LogP contribution in [0.2, 0.25) is 0 Å². The second-order valence-corrected chi connectivity index (χ2v) is 4.58. The van der Waals surface area contributed by atoms with E-state index >= 15 is 0 Å². The van der Waals surface area contributed by atoms with Gasteiger partial charge in [-0.25, -0.2) is 0 Å². The maximum atomic E-state index is 5.57. The van der Waals surface area contributed by atoms with Crippen LogP contribution in [0, 0.1) is 5.92 Å². The summed E-state index contributed by atoms with van der Waals surface area (Å²) >= 11 is 1.82. The quantitative estimate of drug-likeness (QED) is 0.760. The van der Waals surface area contributed by atoms with Crippen LogP contribution in [0.4, 0.5) is 11.9 Å². The summed E-state index contributed by atoms with van der Waals surface area (Å²) in [7, 11) is 0. The van der Waals surface area contributed by atoms with Crippen molar-refractivity contribution in [3.8, 4) is 6.01 Å². The van der Waals surface area contributed by atoms with E-state index in [0.29, 0.717) is 18.5 Å². The van der Waals surface area contributed by atoms with Crippen LogP contribution in [-0.4, -0.2) is 40.1 Å². The molecule has 0 bridgehead atoms. The summed E-state index contributed by atoms with van der Waals surface area (Å²) in [5.74, 6) is 2.27. The maximum absolute atomic E-state index is 5.57. The molecule has 0 amide bonds. The van der Waals surface area contributed by atoms with Gasteiger partial charge in [0.25, 0.3) is 0 Å². The zero-order valence-corrected chi connectivity index (χ0v) is 11.3. The van der Waals surface area contributed by atoms with Gasteiger partial charge < -0.3 is 15.8 Å². The number of nitrogens with two attached hydrogens (primary N) is 1. The Morgan fingerprint density at radius 3 is 2.82 bits per heavy atom. The van der Waals surface area contributed by atoms with Gasteiger partial charge in [-0.15, -0.1) is 0 Å². The first-order chi connectivity index (χ1) is 8.15. The number of ether oxygens (including phenoxy) is 1. The Hall–Kier alpha value is -1.24. The van der Waals surface area contributed by atoms with Gasteiger partial charge in [0.2, 0.25) is 11.9 Å². The summed E-state index contributed by atoms with van der Waals surface area (Å²) in [6.45, 7) is 5.34. The fourth-order valence-corrected chi connectivity index (χ4v) is 1.94. The molecular formula is C10H19N5OS. The van der Waals surface area contributed by atoms with Gasteiger partial charge in [-0.05, 0) is 24.9 Å². The molecule has 0 radical (unpaired) electrons. The molecule has 17 heavy (non-hydrogen) atoms. The Kier molecular flexibility index (Phi) is 5.82. The van der Waals surface area contributed by atoms with Gasteiger partial charge in [0.05, 0.1) is 6.61 Å². The molecule has 7 heteroatoms. The Labute approximate surface area is 106 Å². The molecule has 0 saturated heterocycles. The molecule has 1 rings (SSSR count). The third kappa shape index (κ3) is 5.08. The zero-order chi connectivity index (χ0) is 12.7. The van der Waals surface area contributed by atoms with Gasteiger partial charge in [0, 0.05) is 6.54 Å². The van der Waals surface area contributed by atoms with Crippen molar-refractivity contribution in [3.63, 3.8) is 0 Å². The Morgan fingerprint density at radius 2 is 2.18 bits per heavy atom. The van der Waals surface area contributed by atoms with Crippen molar-refractivity contribution in [1.29, 1.82) is 0 Å². The standard InChI is InChI=1S/C10H19N5OS/c1-4-16-10-14-8(11)13-9(15-10)12-5-7(2)6-17-3/h7H,4-6H2,1-3H3,(H3,11,12,13,14,15). The van der Waals surface area contributed by atoms with Crippen LogP contribution in [0.5, 0.6) is 6.01 Å². The minimum atomic E-state index is 0.170. The number of rotatable bonds is 7. The summed E-state index contributed by atoms with van der Waals surface area (Å²) in [6, 6.07) is 0.264. The third-order valence-corrected chi connectivity index (χ3v) is 2.87. The highest BCUT2D eigenvalue weighted by Gasteiger charge is 2.06. The summed E-state index contributed by atoms with van der Waals surface area (Å²) in [4.78, 5) is 12.0. The second-order valence-electron chi connectivity index (χ2n) is 3.67. The fraction of sp³-hybridized carbons (Fsp3) is 0.700. The van der Waals surface area contributed by atoms with Crippen LogP contribution in [0.25, 0.3) is 0 Å². The molecule has 0 aliphatic heterocycles. The summed E-state index contributed by atoms with van der Waals surface area (Å²) in [6.07, 6.45) is 2.09. The van der Waals surface area contributed by atoms with E-state index in [-0.39, 0.29) is 12.0 Å². The first-order valence-corrected chi connectivity index (χ1v) is 6.92. The number of hydrogen-bond acceptors (Lipinski definition) is 7. The molecule has 6 nitrogen and oxygen atoms in total. The van der Waals surface area contributed by atoms with Crippen molar-refractivity contribution < 1.29 is 4.74 Å². The van der Waals surface area contributed by atoms with E-state index in [2.05, 4.69) is 33.4 Å². The van der Waals surface area contributed by atoms with Gasteiger partial charge in [-0.2, -0.15) is 26.7 Å². The fourth-order valence-electron chi connectivity index (χ4n) is 1.25. The topological polar surface area (TPSA) is 86.0 Å². The zero-order valence-electron chi connectivity index (χ0n) is 10.4. The monoisotopic (exact) mass is 257 g/mol. The lowest BCUT2D eigenvalue weighted by Crippen LogP contribution is -2.16. The SMILES string of the molecule is CCOc1nc(N)nc(NCC(C)CSC)n1. The molecule has 0 fully saturated rings. The van der Waals surface area contributed by atoms with Gasteiger partial charge in [-0.1, -0.05) is 6.92 Å². The Bertz CT molecular complexity index is 349. The van der Waals surface area contributed by atoms with E-state index in [9.17, 15) is 0 Å². The van der Waals surface area contributed by atoms with Gasteiger partial charge >= 0.3 is 6.01 Å². The number of anilines is 2. The lowest BCUT2D eigenvalue weighted by molar-refractivity contribution is 0.312. The Balaban J connectivity index is 2.57. The molecule has 1 unspecified atom stereocenters. The normalized spacial score (nSPS) is 12.2. The lowest BCUT2D eigenvalue weighted by atomic mass is 10.2. The molecule has 96 valence electrons. The van der Waals surface area contributed by atoms with E-state index < -0.39 is 0 Å². The lowest BCUT2D eigenvalue weighted by Gasteiger charge is -2.11. The average molecular weight is 257 g/mol. The van der Waals surface area contributed by atoms with Crippen molar-refractivity contribution in [1.82, 2.24) is 15.0 Å². The third-order valence-electron chi connectivity index (χ3n) is 1.97. The van der Waals surface area contributed by atoms with E-state index in [1.165, 1.54) is 0 Å². The van der Waals surface area contributed by atoms with Gasteiger partial charge in [-0.3, -0.25) is 0 Å². The van der Waals surface area contributed by atoms with Crippen molar-refractivity contribution in [2.45, 2.75) is 13.8 Å². The number of hydrogen-bond donors (Lipinski definition) is 2. The number of aromatic nitrogens is 3. The highest BCUT2D eigenvalue weighted by atomic mass is 32.2. The second kappa shape index (κ2) is 7.16. The molecule has 0 spiro atoms. The summed E-state index contributed by atoms with van der Waals surface area (Å²) < 4.78 is 5.20. The molecule has 0 aliphatic carbocycles. The van der Waals surface area contributed by atoms with Crippen LogP contribution >= 0.6 is 11.8 Å². The first kappa shape index (κ1) is 13.8. The smallest absolute Gasteiger partial charge is 0.323 e. The summed E-state index contributed by atoms with van der Waals surface area (Å²) in [5.41, 5.74) is 5.57. The van der Waals surface area contributed by atoms with Crippen LogP contribution in [-0.2, 0) is 0 Å². The molecule has 0 aliphatic rings. The molecular weight excluding hydrogens is 238 g/mol. The Morgan fingerprint density at radius 1 is 1.41 bits per heavy atom. The minimum Gasteiger partial charge on any atom is -0.464 e. The highest BCUT2D eigenvalue weighted by molar-refractivity contribution is 7.98. The predicted octanol–water partition coefficient (Wildman–Crippen LogP) is 1.26. The van der Waals surface area contributed by atoms with Crippen molar-refractivity contribution in [2.75, 3.05) is 36.2 Å². The van der Waals surface area contributed by atoms with Crippen molar-refractivity contribution in [2.24, 2.45) is 5.92 Å². The molecule has 1 aromatic rings. The van der Waals surface area contributed by atoms with E-state index in [1.807, 2.05) is 18.7 Å². The van der Waals surface area contributed by atoms with E-state index in [0.717, 1.165) is 12.3 Å².